The Labute approximate surface area is 192 Å². The van der Waals surface area contributed by atoms with E-state index in [0.29, 0.717) is 6.42 Å². The minimum absolute atomic E-state index is 0.0190. The van der Waals surface area contributed by atoms with Gasteiger partial charge in [-0.25, -0.2) is 14.6 Å². The molecule has 1 saturated carbocycles. The van der Waals surface area contributed by atoms with E-state index in [1.165, 1.54) is 6.34 Å². The Morgan fingerprint density at radius 2 is 2.15 bits per heavy atom. The summed E-state index contributed by atoms with van der Waals surface area (Å²) >= 11 is 0. The average Bonchev–Trinajstić information content (AvgIpc) is 3.24. The lowest BCUT2D eigenvalue weighted by atomic mass is 10.0. The van der Waals surface area contributed by atoms with Crippen LogP contribution in [0.2, 0.25) is 0 Å². The van der Waals surface area contributed by atoms with Crippen molar-refractivity contribution in [2.45, 2.75) is 64.9 Å². The van der Waals surface area contributed by atoms with Crippen molar-refractivity contribution in [3.63, 3.8) is 0 Å². The monoisotopic (exact) mass is 464 g/mol. The number of carbonyl (C=O) groups is 3. The van der Waals surface area contributed by atoms with E-state index >= 15 is 0 Å². The minimum atomic E-state index is -0.897. The van der Waals surface area contributed by atoms with E-state index in [1.54, 1.807) is 45.7 Å². The molecule has 2 amide bonds. The van der Waals surface area contributed by atoms with Gasteiger partial charge < -0.3 is 30.5 Å². The van der Waals surface area contributed by atoms with Gasteiger partial charge in [0.25, 0.3) is 5.91 Å². The van der Waals surface area contributed by atoms with Crippen molar-refractivity contribution in [1.29, 1.82) is 0 Å². The van der Waals surface area contributed by atoms with Crippen molar-refractivity contribution in [2.75, 3.05) is 13.2 Å². The van der Waals surface area contributed by atoms with Crippen molar-refractivity contribution >= 4 is 30.3 Å². The van der Waals surface area contributed by atoms with Gasteiger partial charge in [-0.05, 0) is 38.7 Å². The number of carbonyl (C=O) groups excluding carboxylic acids is 3. The van der Waals surface area contributed by atoms with Crippen LogP contribution in [0.4, 0.5) is 4.79 Å². The molecule has 1 aliphatic carbocycles. The molecule has 2 heterocycles. The minimum Gasteiger partial charge on any atom is -0.463 e. The average molecular weight is 465 g/mol. The van der Waals surface area contributed by atoms with Crippen LogP contribution in [0.3, 0.4) is 0 Å². The second kappa shape index (κ2) is 9.00. The Hall–Kier alpha value is -3.15. The van der Waals surface area contributed by atoms with Crippen molar-refractivity contribution in [3.05, 3.63) is 11.8 Å². The lowest BCUT2D eigenvalue weighted by molar-refractivity contribution is -0.149. The van der Waals surface area contributed by atoms with E-state index in [2.05, 4.69) is 20.6 Å². The largest absolute Gasteiger partial charge is 0.463 e. The molecule has 12 heteroatoms. The van der Waals surface area contributed by atoms with Gasteiger partial charge in [0.1, 0.15) is 18.2 Å². The molecule has 33 heavy (non-hydrogen) atoms. The summed E-state index contributed by atoms with van der Waals surface area (Å²) in [5, 5.41) is 15.0. The van der Waals surface area contributed by atoms with Crippen LogP contribution in [0.5, 0.6) is 0 Å². The number of amides is 2. The fourth-order valence-electron chi connectivity index (χ4n) is 3.54. The number of alkyl carbamates (subject to hydrolysis) is 1. The molecule has 12 nitrogen and oxygen atoms in total. The molecular weight excluding hydrogens is 432 g/mol. The highest BCUT2D eigenvalue weighted by Crippen LogP contribution is 2.52. The number of rotatable bonds is 7. The first-order chi connectivity index (χ1) is 15.3. The highest BCUT2D eigenvalue weighted by molar-refractivity contribution is 6.02. The van der Waals surface area contributed by atoms with Crippen LogP contribution in [0.15, 0.2) is 21.8 Å². The molecule has 4 atom stereocenters. The zero-order chi connectivity index (χ0) is 24.6. The molecule has 3 aliphatic rings. The van der Waals surface area contributed by atoms with Crippen LogP contribution in [-0.4, -0.2) is 77.3 Å². The smallest absolute Gasteiger partial charge is 0.408 e. The van der Waals surface area contributed by atoms with Gasteiger partial charge >= 0.3 is 12.1 Å². The summed E-state index contributed by atoms with van der Waals surface area (Å²) in [6.07, 6.45) is 2.44. The maximum absolute atomic E-state index is 12.7. The molecule has 182 valence electrons. The Bertz CT molecular complexity index is 907. The highest BCUT2D eigenvalue weighted by atomic mass is 16.6. The maximum Gasteiger partial charge on any atom is 0.408 e. The van der Waals surface area contributed by atoms with E-state index in [-0.39, 0.29) is 31.0 Å². The molecule has 0 saturated heterocycles. The number of aliphatic hydroxyl groups is 1. The third-order valence-corrected chi connectivity index (χ3v) is 5.52. The first kappa shape index (κ1) is 24.5. The molecule has 2 aliphatic heterocycles. The second-order valence-electron chi connectivity index (χ2n) is 9.82. The van der Waals surface area contributed by atoms with Crippen LogP contribution in [0, 0.1) is 11.3 Å². The van der Waals surface area contributed by atoms with Gasteiger partial charge in [0.2, 0.25) is 0 Å². The molecule has 0 bridgehead atoms. The summed E-state index contributed by atoms with van der Waals surface area (Å²) in [6, 6.07) is -1.59. The van der Waals surface area contributed by atoms with E-state index in [9.17, 15) is 19.5 Å². The zero-order valence-electron chi connectivity index (χ0n) is 19.5. The molecule has 5 N–H and O–H groups in total. The highest BCUT2D eigenvalue weighted by Gasteiger charge is 2.51. The summed E-state index contributed by atoms with van der Waals surface area (Å²) in [5.74, 6) is -1.16. The number of aliphatic hydroxyl groups excluding tert-OH is 1. The van der Waals surface area contributed by atoms with Crippen molar-refractivity contribution < 1.29 is 29.0 Å². The van der Waals surface area contributed by atoms with Gasteiger partial charge in [0.05, 0.1) is 18.4 Å². The summed E-state index contributed by atoms with van der Waals surface area (Å²) in [5.41, 5.74) is 5.04. The summed E-state index contributed by atoms with van der Waals surface area (Å²) in [7, 11) is 0. The molecule has 0 aromatic carbocycles. The standard InChI is InChI=1S/C21H32N6O6/c1-11(2)13(24-19(31)33-20(3,4)5)17(30)32-9-21(8-28)6-12(21)7-27-10-23-14-15(27)25-18(22)26-16(14)29/h7,10-11,13-15,28H,6,8-9H2,1-5H3,(H,24,31)(H3,22,25,26,29)/b12-7-. The number of nitrogens with zero attached hydrogens (tertiary/aromatic N) is 3. The SMILES string of the molecule is CC(C)C(NC(=O)OC(C)(C)C)C(=O)OCC1(CO)C/C1=C/N1C=NC2C(=O)NC(N)=NC21. The number of ether oxygens (including phenoxy) is 2. The van der Waals surface area contributed by atoms with E-state index < -0.39 is 41.3 Å². The van der Waals surface area contributed by atoms with Gasteiger partial charge in [-0.1, -0.05) is 13.8 Å². The summed E-state index contributed by atoms with van der Waals surface area (Å²) < 4.78 is 10.7. The van der Waals surface area contributed by atoms with E-state index in [1.807, 2.05) is 0 Å². The normalized spacial score (nSPS) is 28.2. The molecule has 1 fully saturated rings. The molecule has 4 unspecified atom stereocenters. The Kier molecular flexibility index (Phi) is 6.68. The number of esters is 1. The van der Waals surface area contributed by atoms with Crippen molar-refractivity contribution in [2.24, 2.45) is 27.1 Å². The van der Waals surface area contributed by atoms with Gasteiger partial charge in [-0.2, -0.15) is 0 Å². The fraction of sp³-hybridized carbons (Fsp3) is 0.667. The van der Waals surface area contributed by atoms with E-state index in [0.717, 1.165) is 5.57 Å². The number of guanidine groups is 1. The van der Waals surface area contributed by atoms with Gasteiger partial charge in [-0.15, -0.1) is 0 Å². The lowest BCUT2D eigenvalue weighted by Gasteiger charge is -2.26. The number of nitrogens with one attached hydrogen (secondary N) is 2. The molecular formula is C21H32N6O6. The number of hydrogen-bond donors (Lipinski definition) is 4. The third kappa shape index (κ3) is 5.62. The first-order valence-corrected chi connectivity index (χ1v) is 10.8. The lowest BCUT2D eigenvalue weighted by Crippen LogP contribution is -2.53. The Balaban J connectivity index is 1.61. The quantitative estimate of drug-likeness (QED) is 0.377. The Morgan fingerprint density at radius 1 is 1.45 bits per heavy atom. The zero-order valence-corrected chi connectivity index (χ0v) is 19.5. The van der Waals surface area contributed by atoms with Crippen molar-refractivity contribution in [3.8, 4) is 0 Å². The molecule has 0 aromatic rings. The van der Waals surface area contributed by atoms with Crippen LogP contribution in [0.1, 0.15) is 41.0 Å². The van der Waals surface area contributed by atoms with Crippen LogP contribution < -0.4 is 16.4 Å². The topological polar surface area (TPSA) is 168 Å². The first-order valence-electron chi connectivity index (χ1n) is 10.8. The summed E-state index contributed by atoms with van der Waals surface area (Å²) in [6.45, 7) is 8.46. The molecule has 0 spiro atoms. The molecule has 0 radical (unpaired) electrons. The number of aliphatic imine (C=N–C) groups is 2. The molecule has 3 rings (SSSR count). The third-order valence-electron chi connectivity index (χ3n) is 5.52. The predicted molar refractivity (Wildman–Crippen MR) is 119 cm³/mol. The Morgan fingerprint density at radius 3 is 2.76 bits per heavy atom. The van der Waals surface area contributed by atoms with Crippen molar-refractivity contribution in [1.82, 2.24) is 15.5 Å². The van der Waals surface area contributed by atoms with Crippen LogP contribution in [0.25, 0.3) is 0 Å². The second-order valence-corrected chi connectivity index (χ2v) is 9.82. The fourth-order valence-corrected chi connectivity index (χ4v) is 3.54. The maximum atomic E-state index is 12.7. The van der Waals surface area contributed by atoms with Crippen LogP contribution >= 0.6 is 0 Å². The number of fused-ring (bicyclic) bond motifs is 1. The number of nitrogens with two attached hydrogens (primary N) is 1. The van der Waals surface area contributed by atoms with Gasteiger partial charge in [0, 0.05) is 6.20 Å². The van der Waals surface area contributed by atoms with E-state index in [4.69, 9.17) is 15.2 Å². The predicted octanol–water partition coefficient (Wildman–Crippen LogP) is -0.172. The molecule has 0 aromatic heterocycles. The van der Waals surface area contributed by atoms with Gasteiger partial charge in [-0.3, -0.25) is 15.1 Å². The van der Waals surface area contributed by atoms with Gasteiger partial charge in [0.15, 0.2) is 18.2 Å². The van der Waals surface area contributed by atoms with Crippen LogP contribution in [-0.2, 0) is 19.1 Å². The number of hydrogen-bond acceptors (Lipinski definition) is 10. The summed E-state index contributed by atoms with van der Waals surface area (Å²) in [4.78, 5) is 46.8.